The largest absolute Gasteiger partial charge is 0.480 e. The Hall–Kier alpha value is -2.98. The molecule has 0 aliphatic carbocycles. The SMILES string of the molecule is CCC(C)C(N)C(=O)NC(C(=O)NC(C(=O)NC(Cc1ccccc1)C(=O)O)C(C)CC)C(C)O. The number of carbonyl (C=O) groups is 4. The second-order valence-electron chi connectivity index (χ2n) is 9.10. The fourth-order valence-electron chi connectivity index (χ4n) is 3.42. The van der Waals surface area contributed by atoms with Crippen LogP contribution in [0.3, 0.4) is 0 Å². The predicted molar refractivity (Wildman–Crippen MR) is 132 cm³/mol. The highest BCUT2D eigenvalue weighted by atomic mass is 16.4. The minimum Gasteiger partial charge on any atom is -0.480 e. The number of aliphatic hydroxyl groups is 1. The van der Waals surface area contributed by atoms with Crippen LogP contribution in [0.5, 0.6) is 0 Å². The summed E-state index contributed by atoms with van der Waals surface area (Å²) in [5.74, 6) is -3.70. The van der Waals surface area contributed by atoms with Gasteiger partial charge in [-0.2, -0.15) is 0 Å². The number of rotatable bonds is 14. The number of carbonyl (C=O) groups excluding carboxylic acids is 3. The van der Waals surface area contributed by atoms with E-state index in [1.807, 2.05) is 13.8 Å². The lowest BCUT2D eigenvalue weighted by Gasteiger charge is -2.29. The van der Waals surface area contributed by atoms with E-state index < -0.39 is 54.0 Å². The maximum absolute atomic E-state index is 13.1. The Bertz CT molecular complexity index is 848. The van der Waals surface area contributed by atoms with Gasteiger partial charge in [0, 0.05) is 6.42 Å². The molecule has 0 saturated heterocycles. The monoisotopic (exact) mass is 492 g/mol. The van der Waals surface area contributed by atoms with E-state index in [-0.39, 0.29) is 18.3 Å². The number of hydrogen-bond donors (Lipinski definition) is 6. The summed E-state index contributed by atoms with van der Waals surface area (Å²) in [5, 5.41) is 27.3. The number of nitrogens with one attached hydrogen (secondary N) is 3. The molecule has 35 heavy (non-hydrogen) atoms. The Morgan fingerprint density at radius 2 is 1.34 bits per heavy atom. The van der Waals surface area contributed by atoms with Gasteiger partial charge in [0.1, 0.15) is 18.1 Å². The molecule has 0 fully saturated rings. The highest BCUT2D eigenvalue weighted by molar-refractivity contribution is 5.94. The standard InChI is InChI=1S/C25H40N4O6/c1-6-14(3)19(26)22(31)29-21(16(5)30)24(33)28-20(15(4)7-2)23(32)27-18(25(34)35)13-17-11-9-8-10-12-17/h8-12,14-16,18-21,30H,6-7,13,26H2,1-5H3,(H,27,32)(H,28,33)(H,29,31)(H,34,35). The van der Waals surface area contributed by atoms with Crippen LogP contribution in [0.2, 0.25) is 0 Å². The average Bonchev–Trinajstić information content (AvgIpc) is 2.83. The highest BCUT2D eigenvalue weighted by Gasteiger charge is 2.34. The highest BCUT2D eigenvalue weighted by Crippen LogP contribution is 2.11. The molecule has 196 valence electrons. The molecule has 3 amide bonds. The Morgan fingerprint density at radius 3 is 1.83 bits per heavy atom. The van der Waals surface area contributed by atoms with E-state index in [9.17, 15) is 29.4 Å². The molecule has 1 rings (SSSR count). The molecular weight excluding hydrogens is 452 g/mol. The Morgan fingerprint density at radius 1 is 0.829 bits per heavy atom. The van der Waals surface area contributed by atoms with E-state index in [0.29, 0.717) is 12.8 Å². The van der Waals surface area contributed by atoms with Gasteiger partial charge in [-0.3, -0.25) is 14.4 Å². The van der Waals surface area contributed by atoms with E-state index in [4.69, 9.17) is 5.73 Å². The van der Waals surface area contributed by atoms with Crippen molar-refractivity contribution in [3.8, 4) is 0 Å². The molecule has 0 heterocycles. The molecule has 0 saturated carbocycles. The summed E-state index contributed by atoms with van der Waals surface area (Å²) in [4.78, 5) is 50.4. The quantitative estimate of drug-likeness (QED) is 0.220. The van der Waals surface area contributed by atoms with Crippen molar-refractivity contribution >= 4 is 23.7 Å². The number of carboxylic acid groups (broad SMARTS) is 1. The summed E-state index contributed by atoms with van der Waals surface area (Å²) in [6, 6.07) is 4.39. The lowest BCUT2D eigenvalue weighted by atomic mass is 9.96. The van der Waals surface area contributed by atoms with Gasteiger partial charge in [0.05, 0.1) is 12.1 Å². The molecule has 0 aromatic heterocycles. The Balaban J connectivity index is 3.01. The molecule has 0 radical (unpaired) electrons. The van der Waals surface area contributed by atoms with Gasteiger partial charge < -0.3 is 31.9 Å². The fraction of sp³-hybridized carbons (Fsp3) is 0.600. The van der Waals surface area contributed by atoms with Crippen molar-refractivity contribution in [1.29, 1.82) is 0 Å². The molecule has 0 spiro atoms. The van der Waals surface area contributed by atoms with Gasteiger partial charge in [0.25, 0.3) is 0 Å². The molecular formula is C25H40N4O6. The lowest BCUT2D eigenvalue weighted by Crippen LogP contribution is -2.61. The zero-order chi connectivity index (χ0) is 26.7. The molecule has 1 aromatic carbocycles. The van der Waals surface area contributed by atoms with Gasteiger partial charge >= 0.3 is 5.97 Å². The summed E-state index contributed by atoms with van der Waals surface area (Å²) in [6.45, 7) is 8.60. The van der Waals surface area contributed by atoms with Gasteiger partial charge in [0.15, 0.2) is 0 Å². The minimum absolute atomic E-state index is 0.0724. The summed E-state index contributed by atoms with van der Waals surface area (Å²) < 4.78 is 0. The van der Waals surface area contributed by atoms with Crippen LogP contribution in [0.25, 0.3) is 0 Å². The summed E-state index contributed by atoms with van der Waals surface area (Å²) in [5.41, 5.74) is 6.68. The van der Waals surface area contributed by atoms with Gasteiger partial charge in [-0.05, 0) is 24.3 Å². The number of amides is 3. The van der Waals surface area contributed by atoms with Crippen LogP contribution in [0, 0.1) is 11.8 Å². The van der Waals surface area contributed by atoms with Gasteiger partial charge in [-0.25, -0.2) is 4.79 Å². The third kappa shape index (κ3) is 9.29. The number of hydrogen-bond acceptors (Lipinski definition) is 6. The van der Waals surface area contributed by atoms with Crippen LogP contribution in [-0.2, 0) is 25.6 Å². The first-order valence-corrected chi connectivity index (χ1v) is 12.0. The van der Waals surface area contributed by atoms with Crippen LogP contribution >= 0.6 is 0 Å². The van der Waals surface area contributed by atoms with Crippen molar-refractivity contribution in [2.45, 2.75) is 84.2 Å². The van der Waals surface area contributed by atoms with Crippen molar-refractivity contribution in [1.82, 2.24) is 16.0 Å². The fourth-order valence-corrected chi connectivity index (χ4v) is 3.42. The van der Waals surface area contributed by atoms with Gasteiger partial charge in [-0.1, -0.05) is 70.9 Å². The molecule has 0 aliphatic heterocycles. The number of carboxylic acids is 1. The van der Waals surface area contributed by atoms with Crippen molar-refractivity contribution in [2.75, 3.05) is 0 Å². The smallest absolute Gasteiger partial charge is 0.326 e. The average molecular weight is 493 g/mol. The lowest BCUT2D eigenvalue weighted by molar-refractivity contribution is -0.142. The minimum atomic E-state index is -1.34. The molecule has 7 atom stereocenters. The van der Waals surface area contributed by atoms with Crippen LogP contribution in [0.15, 0.2) is 30.3 Å². The van der Waals surface area contributed by atoms with Crippen LogP contribution in [-0.4, -0.2) is 64.2 Å². The molecule has 10 nitrogen and oxygen atoms in total. The first-order valence-electron chi connectivity index (χ1n) is 12.0. The number of aliphatic carboxylic acids is 1. The molecule has 0 bridgehead atoms. The maximum Gasteiger partial charge on any atom is 0.326 e. The normalized spacial score (nSPS) is 17.1. The molecule has 1 aromatic rings. The van der Waals surface area contributed by atoms with Gasteiger partial charge in [-0.15, -0.1) is 0 Å². The second-order valence-corrected chi connectivity index (χ2v) is 9.10. The van der Waals surface area contributed by atoms with E-state index in [2.05, 4.69) is 16.0 Å². The summed E-state index contributed by atoms with van der Waals surface area (Å²) in [7, 11) is 0. The predicted octanol–water partition coefficient (Wildman–Crippen LogP) is 0.568. The van der Waals surface area contributed by atoms with Crippen molar-refractivity contribution < 1.29 is 29.4 Å². The van der Waals surface area contributed by atoms with Crippen molar-refractivity contribution in [3.05, 3.63) is 35.9 Å². The third-order valence-corrected chi connectivity index (χ3v) is 6.31. The first-order chi connectivity index (χ1) is 16.4. The Labute approximate surface area is 207 Å². The topological polar surface area (TPSA) is 171 Å². The second kappa shape index (κ2) is 14.4. The van der Waals surface area contributed by atoms with E-state index in [1.54, 1.807) is 44.2 Å². The first kappa shape index (κ1) is 30.1. The number of aliphatic hydroxyl groups excluding tert-OH is 1. The van der Waals surface area contributed by atoms with Crippen LogP contribution in [0.4, 0.5) is 0 Å². The zero-order valence-corrected chi connectivity index (χ0v) is 21.2. The Kier molecular flexibility index (Phi) is 12.4. The van der Waals surface area contributed by atoms with E-state index in [1.165, 1.54) is 6.92 Å². The van der Waals surface area contributed by atoms with Gasteiger partial charge in [0.2, 0.25) is 17.7 Å². The molecule has 10 heteroatoms. The zero-order valence-electron chi connectivity index (χ0n) is 21.2. The molecule has 7 unspecified atom stereocenters. The van der Waals surface area contributed by atoms with Crippen molar-refractivity contribution in [2.24, 2.45) is 17.6 Å². The van der Waals surface area contributed by atoms with E-state index >= 15 is 0 Å². The van der Waals surface area contributed by atoms with E-state index in [0.717, 1.165) is 5.56 Å². The van der Waals surface area contributed by atoms with Crippen LogP contribution in [0.1, 0.15) is 53.0 Å². The summed E-state index contributed by atoms with van der Waals surface area (Å²) in [6.07, 6.45) is -0.0134. The summed E-state index contributed by atoms with van der Waals surface area (Å²) >= 11 is 0. The molecule has 7 N–H and O–H groups in total. The number of nitrogens with two attached hydrogens (primary N) is 1. The number of benzene rings is 1. The third-order valence-electron chi connectivity index (χ3n) is 6.31. The van der Waals surface area contributed by atoms with Crippen molar-refractivity contribution in [3.63, 3.8) is 0 Å². The molecule has 0 aliphatic rings. The maximum atomic E-state index is 13.1. The van der Waals surface area contributed by atoms with Crippen LogP contribution < -0.4 is 21.7 Å².